The van der Waals surface area contributed by atoms with E-state index >= 15 is 0 Å². The van der Waals surface area contributed by atoms with Crippen LogP contribution in [0.4, 0.5) is 65.9 Å². The van der Waals surface area contributed by atoms with Crippen LogP contribution in [0.5, 0.6) is 0 Å². The number of rotatable bonds is 40. The smallest absolute Gasteiger partial charge is 0.382 e. The van der Waals surface area contributed by atoms with Crippen molar-refractivity contribution < 1.29 is 137 Å². The highest BCUT2D eigenvalue weighted by molar-refractivity contribution is 7.47. The van der Waals surface area contributed by atoms with Crippen molar-refractivity contribution >= 4 is 45.6 Å². The highest BCUT2D eigenvalue weighted by atomic mass is 31.2. The first-order valence-corrected chi connectivity index (χ1v) is 25.8. The Morgan fingerprint density at radius 1 is 0.494 bits per heavy atom. The van der Waals surface area contributed by atoms with Crippen molar-refractivity contribution in [2.24, 2.45) is 10.8 Å². The Labute approximate surface area is 432 Å². The third-order valence-electron chi connectivity index (χ3n) is 10.9. The van der Waals surface area contributed by atoms with Crippen molar-refractivity contribution in [2.75, 3.05) is 79.5 Å². The highest BCUT2D eigenvalue weighted by Gasteiger charge is 2.43. The van der Waals surface area contributed by atoms with Gasteiger partial charge in [0.2, 0.25) is 0 Å². The molecular formula is C40H63F15N5O15P2+. The average Bonchev–Trinajstić information content (AvgIpc) is 3.29. The molecule has 0 heterocycles. The zero-order valence-electron chi connectivity index (χ0n) is 41.4. The second kappa shape index (κ2) is 34.5. The molecule has 0 aromatic carbocycles. The van der Waals surface area contributed by atoms with Gasteiger partial charge in [-0.15, -0.1) is 9.42 Å². The van der Waals surface area contributed by atoms with Crippen LogP contribution in [0.25, 0.3) is 0 Å². The van der Waals surface area contributed by atoms with Gasteiger partial charge < -0.3 is 45.7 Å². The lowest BCUT2D eigenvalue weighted by atomic mass is 9.75. The zero-order chi connectivity index (χ0) is 59.4. The minimum Gasteiger partial charge on any atom is -0.382 e. The number of amides is 5. The number of carbonyl (C=O) groups is 5. The van der Waals surface area contributed by atoms with Gasteiger partial charge in [-0.2, -0.15) is 65.9 Å². The largest absolute Gasteiger partial charge is 0.695 e. The third-order valence-corrected chi connectivity index (χ3v) is 12.4. The van der Waals surface area contributed by atoms with E-state index in [-0.39, 0.29) is 77.2 Å². The average molecular weight is 1200 g/mol. The van der Waals surface area contributed by atoms with E-state index in [0.717, 1.165) is 7.11 Å². The van der Waals surface area contributed by atoms with E-state index < -0.39 is 165 Å². The minimum atomic E-state index is -5.35. The summed E-state index contributed by atoms with van der Waals surface area (Å²) in [5.41, 5.74) is -2.54. The van der Waals surface area contributed by atoms with Gasteiger partial charge in [0.05, 0.1) is 39.6 Å². The molecule has 0 aromatic heterocycles. The molecule has 452 valence electrons. The lowest BCUT2D eigenvalue weighted by molar-refractivity contribution is -0.173. The maximum Gasteiger partial charge on any atom is 0.695 e. The van der Waals surface area contributed by atoms with Gasteiger partial charge in [0.1, 0.15) is 6.10 Å². The van der Waals surface area contributed by atoms with E-state index in [0.29, 0.717) is 12.8 Å². The van der Waals surface area contributed by atoms with E-state index in [4.69, 9.17) is 27.8 Å². The van der Waals surface area contributed by atoms with Crippen LogP contribution in [-0.4, -0.2) is 162 Å². The van der Waals surface area contributed by atoms with Crippen LogP contribution in [-0.2, 0) is 60.9 Å². The number of hydrogen-bond donors (Lipinski definition) is 7. The lowest BCUT2D eigenvalue weighted by Crippen LogP contribution is -2.40. The van der Waals surface area contributed by atoms with Crippen molar-refractivity contribution in [3.8, 4) is 0 Å². The van der Waals surface area contributed by atoms with E-state index in [1.54, 1.807) is 33.5 Å². The molecule has 5 amide bonds. The Balaban J connectivity index is 6.40. The van der Waals surface area contributed by atoms with Gasteiger partial charge in [0.15, 0.2) is 6.10 Å². The Kier molecular flexibility index (Phi) is 32.8. The standard InChI is InChI=1S/C40H62F15N5O15P2/c1-3-4-10-34(11-5-16-56-29(61)36(41,42)43,12-6-17-57-30(62)37(44,45)46)25-71-22-27(74-76(66)67)24-73-77(68,69)75-28(21-70-2)23-72-26-35(13-7-18-58-31(63)38(47,48)49,14-8-19-59-32(64)39(50,51)52)15-9-20-60-33(65)40(53,54)55/h27-28H,3-26H2,1-2H3,(H6-,56,57,58,59,60,61,62,63,64,65,66,67,68,69)/p+1. The lowest BCUT2D eigenvalue weighted by Gasteiger charge is -2.35. The molecule has 0 aliphatic rings. The molecule has 0 bridgehead atoms. The molecule has 37 heteroatoms. The van der Waals surface area contributed by atoms with Gasteiger partial charge in [-0.3, -0.25) is 33.0 Å². The summed E-state index contributed by atoms with van der Waals surface area (Å²) in [7, 11) is -7.80. The number of methoxy groups -OCH3 is 1. The van der Waals surface area contributed by atoms with Crippen molar-refractivity contribution in [3.05, 3.63) is 0 Å². The summed E-state index contributed by atoms with van der Waals surface area (Å²) in [6.45, 7) is -5.41. The minimum absolute atomic E-state index is 0.0288. The Morgan fingerprint density at radius 2 is 0.779 bits per heavy atom. The maximum absolute atomic E-state index is 13.2. The molecule has 0 fully saturated rings. The fraction of sp³-hybridized carbons (Fsp3) is 0.875. The maximum atomic E-state index is 13.2. The van der Waals surface area contributed by atoms with E-state index in [2.05, 4.69) is 0 Å². The number of unbranched alkanes of at least 4 members (excludes halogenated alkanes) is 1. The number of phosphoric ester groups is 1. The third kappa shape index (κ3) is 33.5. The van der Waals surface area contributed by atoms with Gasteiger partial charge in [-0.05, 0) is 81.5 Å². The van der Waals surface area contributed by atoms with Crippen LogP contribution in [0.15, 0.2) is 0 Å². The fourth-order valence-electron chi connectivity index (χ4n) is 7.30. The second-order valence-corrected chi connectivity index (χ2v) is 19.4. The van der Waals surface area contributed by atoms with Crippen molar-refractivity contribution in [1.82, 2.24) is 26.6 Å². The molecule has 4 atom stereocenters. The molecule has 0 aliphatic heterocycles. The first-order chi connectivity index (χ1) is 35.3. The van der Waals surface area contributed by atoms with Crippen molar-refractivity contribution in [3.63, 3.8) is 0 Å². The number of alkyl halides is 15. The van der Waals surface area contributed by atoms with Crippen LogP contribution < -0.4 is 26.6 Å². The van der Waals surface area contributed by atoms with Gasteiger partial charge in [0, 0.05) is 44.4 Å². The normalized spacial score (nSPS) is 14.8. The molecular weight excluding hydrogens is 1140 g/mol. The predicted octanol–water partition coefficient (Wildman–Crippen LogP) is 6.66. The summed E-state index contributed by atoms with van der Waals surface area (Å²) >= 11 is 0. The van der Waals surface area contributed by atoms with Crippen LogP contribution >= 0.6 is 16.1 Å². The number of hydrogen-bond acceptors (Lipinski definition) is 13. The SMILES string of the molecule is CCCCC(CCCNC(=O)C(F)(F)F)(CCCNC(=O)C(F)(F)F)COCC(COP(=O)(O)OC(COC)COCC(CCCNC(=O)C(F)(F)F)(CCCNC(=O)C(F)(F)F)CCCNC(=O)C(F)(F)F)O[P+](=O)O. The number of ether oxygens (including phenoxy) is 3. The number of phosphoric acid groups is 1. The van der Waals surface area contributed by atoms with Crippen LogP contribution in [0.2, 0.25) is 0 Å². The van der Waals surface area contributed by atoms with Crippen LogP contribution in [0.1, 0.15) is 90.4 Å². The highest BCUT2D eigenvalue weighted by Crippen LogP contribution is 2.46. The van der Waals surface area contributed by atoms with E-state index in [1.165, 1.54) is 0 Å². The van der Waals surface area contributed by atoms with Gasteiger partial charge in [-0.25, -0.2) is 4.57 Å². The zero-order valence-corrected chi connectivity index (χ0v) is 43.2. The first kappa shape index (κ1) is 73.3. The molecule has 4 unspecified atom stereocenters. The van der Waals surface area contributed by atoms with Crippen LogP contribution in [0.3, 0.4) is 0 Å². The predicted molar refractivity (Wildman–Crippen MR) is 235 cm³/mol. The monoisotopic (exact) mass is 1200 g/mol. The van der Waals surface area contributed by atoms with Gasteiger partial charge >= 0.3 is 76.5 Å². The van der Waals surface area contributed by atoms with Crippen molar-refractivity contribution in [1.29, 1.82) is 0 Å². The number of nitrogens with one attached hydrogen (secondary N) is 5. The molecule has 77 heavy (non-hydrogen) atoms. The summed E-state index contributed by atoms with van der Waals surface area (Å²) in [4.78, 5) is 77.2. The molecule has 0 rings (SSSR count). The topological polar surface area (TPSA) is 275 Å². The molecule has 0 spiro atoms. The van der Waals surface area contributed by atoms with E-state index in [9.17, 15) is 109 Å². The summed E-state index contributed by atoms with van der Waals surface area (Å²) in [6, 6.07) is 0. The van der Waals surface area contributed by atoms with Gasteiger partial charge in [-0.1, -0.05) is 19.8 Å². The molecule has 7 N–H and O–H groups in total. The van der Waals surface area contributed by atoms with Gasteiger partial charge in [0.25, 0.3) is 0 Å². The summed E-state index contributed by atoms with van der Waals surface area (Å²) in [5, 5.41) is 8.14. The Hall–Kier alpha value is -3.69. The first-order valence-electron chi connectivity index (χ1n) is 23.2. The summed E-state index contributed by atoms with van der Waals surface area (Å²) in [6.07, 6.45) is -30.7. The summed E-state index contributed by atoms with van der Waals surface area (Å²) < 4.78 is 249. The fourth-order valence-corrected chi connectivity index (χ4v) is 8.59. The number of carbonyl (C=O) groups excluding carboxylic acids is 5. The molecule has 0 saturated carbocycles. The second-order valence-electron chi connectivity index (χ2n) is 17.3. The molecule has 0 aliphatic carbocycles. The van der Waals surface area contributed by atoms with Crippen LogP contribution in [0, 0.1) is 10.8 Å². The quantitative estimate of drug-likeness (QED) is 0.0192. The summed E-state index contributed by atoms with van der Waals surface area (Å²) in [5.74, 6) is -11.5. The molecule has 0 aromatic rings. The molecule has 0 radical (unpaired) electrons. The Bertz CT molecular complexity index is 1750. The Morgan fingerprint density at radius 3 is 1.04 bits per heavy atom. The van der Waals surface area contributed by atoms with Crippen molar-refractivity contribution in [2.45, 2.75) is 133 Å². The molecule has 20 nitrogen and oxygen atoms in total. The number of halogens is 15. The van der Waals surface area contributed by atoms with E-state index in [1.807, 2.05) is 0 Å². The molecule has 0 saturated heterocycles.